The van der Waals surface area contributed by atoms with Gasteiger partial charge in [0.1, 0.15) is 6.04 Å². The smallest absolute Gasteiger partial charge is 0.326 e. The molecule has 36 heavy (non-hydrogen) atoms. The van der Waals surface area contributed by atoms with Crippen LogP contribution in [0.25, 0.3) is 10.9 Å². The fraction of sp³-hybridized carbons (Fsp3) is 0.448. The Labute approximate surface area is 211 Å². The first-order valence-corrected chi connectivity index (χ1v) is 13.0. The van der Waals surface area contributed by atoms with Gasteiger partial charge in [-0.05, 0) is 87.1 Å². The van der Waals surface area contributed by atoms with Crippen LogP contribution in [0.2, 0.25) is 0 Å². The summed E-state index contributed by atoms with van der Waals surface area (Å²) >= 11 is 0. The standard InChI is InChI=1S/C29H33N3O4/c33-28(22-9-8-21-5-3-14-30-27(21)18-22)32-26(29(34)35)13-15-36-24-16-19(17-24)7-11-23-12-10-20-4-1-2-6-25(20)31-23/h3,5,8-10,12,14,18-19,24,26H,1-2,4,6-7,11,13,15-17H2,(H,32,33)(H,34,35). The molecule has 188 valence electrons. The zero-order valence-electron chi connectivity index (χ0n) is 20.5. The molecule has 2 aromatic heterocycles. The number of nitrogens with zero attached hydrogens (tertiary/aromatic N) is 2. The fourth-order valence-electron chi connectivity index (χ4n) is 5.22. The molecule has 1 atom stereocenters. The van der Waals surface area contributed by atoms with Crippen LogP contribution in [0.3, 0.4) is 0 Å². The number of carbonyl (C=O) groups excluding carboxylic acids is 1. The number of aliphatic carboxylic acids is 1. The number of carboxylic acids is 1. The molecule has 3 aromatic rings. The van der Waals surface area contributed by atoms with E-state index >= 15 is 0 Å². The summed E-state index contributed by atoms with van der Waals surface area (Å²) in [6.07, 6.45) is 11.0. The lowest BCUT2D eigenvalue weighted by atomic mass is 9.79. The van der Waals surface area contributed by atoms with Crippen LogP contribution in [0.4, 0.5) is 0 Å². The maximum absolute atomic E-state index is 12.6. The van der Waals surface area contributed by atoms with E-state index in [-0.39, 0.29) is 12.5 Å². The van der Waals surface area contributed by atoms with Crippen molar-refractivity contribution in [3.63, 3.8) is 0 Å². The van der Waals surface area contributed by atoms with Crippen LogP contribution >= 0.6 is 0 Å². The second kappa shape index (κ2) is 11.2. The van der Waals surface area contributed by atoms with Gasteiger partial charge >= 0.3 is 5.97 Å². The molecule has 2 N–H and O–H groups in total. The zero-order valence-corrected chi connectivity index (χ0v) is 20.5. The first-order valence-electron chi connectivity index (χ1n) is 13.0. The number of pyridine rings is 2. The van der Waals surface area contributed by atoms with Crippen molar-refractivity contribution in [1.82, 2.24) is 15.3 Å². The van der Waals surface area contributed by atoms with Crippen LogP contribution in [0.5, 0.6) is 0 Å². The molecule has 2 aliphatic rings. The number of hydrogen-bond acceptors (Lipinski definition) is 5. The van der Waals surface area contributed by atoms with Gasteiger partial charge in [-0.1, -0.05) is 18.2 Å². The quantitative estimate of drug-likeness (QED) is 0.436. The number of aromatic nitrogens is 2. The summed E-state index contributed by atoms with van der Waals surface area (Å²) in [5.41, 5.74) is 5.01. The summed E-state index contributed by atoms with van der Waals surface area (Å²) in [6.45, 7) is 0.306. The van der Waals surface area contributed by atoms with E-state index in [0.717, 1.165) is 43.9 Å². The summed E-state index contributed by atoms with van der Waals surface area (Å²) in [5.74, 6) is -0.853. The topological polar surface area (TPSA) is 101 Å². The highest BCUT2D eigenvalue weighted by atomic mass is 16.5. The van der Waals surface area contributed by atoms with Gasteiger partial charge in [0.25, 0.3) is 5.91 Å². The third-order valence-electron chi connectivity index (χ3n) is 7.47. The number of benzene rings is 1. The molecule has 2 heterocycles. The number of carboxylic acid groups (broad SMARTS) is 1. The van der Waals surface area contributed by atoms with Crippen molar-refractivity contribution in [2.24, 2.45) is 5.92 Å². The number of rotatable bonds is 10. The molecule has 1 amide bonds. The number of ether oxygens (including phenoxy) is 1. The summed E-state index contributed by atoms with van der Waals surface area (Å²) in [4.78, 5) is 33.5. The molecule has 0 spiro atoms. The number of aryl methyl sites for hydroxylation is 3. The highest BCUT2D eigenvalue weighted by Crippen LogP contribution is 2.34. The minimum Gasteiger partial charge on any atom is -0.480 e. The molecule has 7 heteroatoms. The van der Waals surface area contributed by atoms with E-state index in [0.29, 0.717) is 23.6 Å². The molecule has 2 aliphatic carbocycles. The van der Waals surface area contributed by atoms with Crippen molar-refractivity contribution in [2.75, 3.05) is 6.61 Å². The molecule has 7 nitrogen and oxygen atoms in total. The van der Waals surface area contributed by atoms with Crippen LogP contribution in [0.15, 0.2) is 48.7 Å². The SMILES string of the molecule is O=C(NC(CCOC1CC(CCc2ccc3c(n2)CCCC3)C1)C(=O)O)c1ccc2cccnc2c1. The monoisotopic (exact) mass is 487 g/mol. The molecule has 0 bridgehead atoms. The Morgan fingerprint density at radius 3 is 2.83 bits per heavy atom. The summed E-state index contributed by atoms with van der Waals surface area (Å²) in [6, 6.07) is 12.4. The fourth-order valence-corrected chi connectivity index (χ4v) is 5.22. The van der Waals surface area contributed by atoms with Gasteiger partial charge in [-0.15, -0.1) is 0 Å². The molecule has 0 saturated heterocycles. The molecular formula is C29H33N3O4. The Hall–Kier alpha value is -3.32. The van der Waals surface area contributed by atoms with Crippen molar-refractivity contribution < 1.29 is 19.4 Å². The minimum atomic E-state index is -1.06. The molecule has 1 aromatic carbocycles. The van der Waals surface area contributed by atoms with Crippen LogP contribution in [0, 0.1) is 5.92 Å². The van der Waals surface area contributed by atoms with Crippen LogP contribution in [-0.2, 0) is 28.8 Å². The van der Waals surface area contributed by atoms with Crippen LogP contribution in [0.1, 0.15) is 65.8 Å². The predicted molar refractivity (Wildman–Crippen MR) is 137 cm³/mol. The maximum Gasteiger partial charge on any atom is 0.326 e. The molecule has 1 unspecified atom stereocenters. The van der Waals surface area contributed by atoms with E-state index in [1.165, 1.54) is 29.8 Å². The molecule has 5 rings (SSSR count). The number of carbonyl (C=O) groups is 2. The molecule has 0 radical (unpaired) electrons. The van der Waals surface area contributed by atoms with Crippen molar-refractivity contribution in [1.29, 1.82) is 0 Å². The van der Waals surface area contributed by atoms with Crippen molar-refractivity contribution in [2.45, 2.75) is 69.9 Å². The third kappa shape index (κ3) is 5.90. The van der Waals surface area contributed by atoms with Gasteiger partial charge in [-0.3, -0.25) is 14.8 Å². The van der Waals surface area contributed by atoms with Gasteiger partial charge in [-0.2, -0.15) is 0 Å². The van der Waals surface area contributed by atoms with E-state index in [4.69, 9.17) is 9.72 Å². The zero-order chi connectivity index (χ0) is 24.9. The Balaban J connectivity index is 1.03. The minimum absolute atomic E-state index is 0.170. The normalized spacial score (nSPS) is 19.8. The van der Waals surface area contributed by atoms with E-state index in [2.05, 4.69) is 22.4 Å². The summed E-state index contributed by atoms with van der Waals surface area (Å²) in [5, 5.41) is 13.1. The first-order chi connectivity index (χ1) is 17.5. The van der Waals surface area contributed by atoms with E-state index in [1.807, 2.05) is 18.2 Å². The molecule has 1 saturated carbocycles. The Morgan fingerprint density at radius 1 is 1.11 bits per heavy atom. The lowest BCUT2D eigenvalue weighted by Crippen LogP contribution is -2.42. The third-order valence-corrected chi connectivity index (χ3v) is 7.47. The summed E-state index contributed by atoms with van der Waals surface area (Å²) < 4.78 is 5.92. The highest BCUT2D eigenvalue weighted by Gasteiger charge is 2.30. The van der Waals surface area contributed by atoms with E-state index in [9.17, 15) is 14.7 Å². The Bertz CT molecular complexity index is 1240. The average molecular weight is 488 g/mol. The van der Waals surface area contributed by atoms with Crippen molar-refractivity contribution in [3.05, 3.63) is 71.2 Å². The van der Waals surface area contributed by atoms with Crippen molar-refractivity contribution >= 4 is 22.8 Å². The largest absolute Gasteiger partial charge is 0.480 e. The molecule has 1 fully saturated rings. The van der Waals surface area contributed by atoms with Gasteiger partial charge in [0.15, 0.2) is 0 Å². The number of fused-ring (bicyclic) bond motifs is 2. The van der Waals surface area contributed by atoms with E-state index < -0.39 is 17.9 Å². The van der Waals surface area contributed by atoms with Gasteiger partial charge in [0, 0.05) is 41.6 Å². The number of hydrogen-bond donors (Lipinski definition) is 2. The first kappa shape index (κ1) is 24.4. The summed E-state index contributed by atoms with van der Waals surface area (Å²) in [7, 11) is 0. The molecule has 0 aliphatic heterocycles. The van der Waals surface area contributed by atoms with Gasteiger partial charge in [-0.25, -0.2) is 4.79 Å². The van der Waals surface area contributed by atoms with Crippen molar-refractivity contribution in [3.8, 4) is 0 Å². The van der Waals surface area contributed by atoms with Gasteiger partial charge in [0.2, 0.25) is 0 Å². The maximum atomic E-state index is 12.6. The number of nitrogens with one attached hydrogen (secondary N) is 1. The highest BCUT2D eigenvalue weighted by molar-refractivity contribution is 5.99. The van der Waals surface area contributed by atoms with Crippen LogP contribution < -0.4 is 5.32 Å². The lowest BCUT2D eigenvalue weighted by molar-refractivity contribution is -0.140. The van der Waals surface area contributed by atoms with Crippen LogP contribution in [-0.4, -0.2) is 45.7 Å². The lowest BCUT2D eigenvalue weighted by Gasteiger charge is -2.35. The number of amides is 1. The van der Waals surface area contributed by atoms with Gasteiger partial charge in [0.05, 0.1) is 11.6 Å². The van der Waals surface area contributed by atoms with Gasteiger partial charge < -0.3 is 15.2 Å². The predicted octanol–water partition coefficient (Wildman–Crippen LogP) is 4.51. The average Bonchev–Trinajstić information content (AvgIpc) is 2.88. The Kier molecular flexibility index (Phi) is 7.56. The van der Waals surface area contributed by atoms with E-state index in [1.54, 1.807) is 18.3 Å². The second-order valence-electron chi connectivity index (χ2n) is 10.0. The molecular weight excluding hydrogens is 454 g/mol. The second-order valence-corrected chi connectivity index (χ2v) is 10.0. The Morgan fingerprint density at radius 2 is 1.97 bits per heavy atom.